The van der Waals surface area contributed by atoms with Crippen LogP contribution in [0.15, 0.2) is 54.6 Å². The molecule has 1 aromatic heterocycles. The number of benzene rings is 2. The standard InChI is InChI=1S/C20H23N3/c1-23-12-11-16-15-9-5-6-10-18(15)22-19(16)20(23)17(21)13-14-7-3-2-4-8-14/h2-10,17,20,22H,11-13,21H2,1H3/t17-,20+/m0/s1. The Bertz CT molecular complexity index is 806. The number of likely N-dealkylation sites (N-methyl/N-ethyl adjacent to an activating group) is 1. The van der Waals surface area contributed by atoms with Crippen molar-refractivity contribution in [2.75, 3.05) is 13.6 Å². The minimum Gasteiger partial charge on any atom is -0.357 e. The van der Waals surface area contributed by atoms with E-state index in [-0.39, 0.29) is 12.1 Å². The summed E-state index contributed by atoms with van der Waals surface area (Å²) in [6.07, 6.45) is 1.98. The molecule has 3 nitrogen and oxygen atoms in total. The SMILES string of the molecule is CN1CCc2c([nH]c3ccccc23)[C@H]1[C@@H](N)Cc1ccccc1. The number of para-hydroxylation sites is 1. The zero-order chi connectivity index (χ0) is 15.8. The maximum absolute atomic E-state index is 6.65. The Kier molecular flexibility index (Phi) is 3.68. The van der Waals surface area contributed by atoms with Gasteiger partial charge in [-0.25, -0.2) is 0 Å². The van der Waals surface area contributed by atoms with Gasteiger partial charge in [0.25, 0.3) is 0 Å². The van der Waals surface area contributed by atoms with Gasteiger partial charge in [0, 0.05) is 29.2 Å². The van der Waals surface area contributed by atoms with Gasteiger partial charge in [0.15, 0.2) is 0 Å². The molecule has 3 heteroatoms. The van der Waals surface area contributed by atoms with Gasteiger partial charge in [-0.2, -0.15) is 0 Å². The number of hydrogen-bond donors (Lipinski definition) is 2. The number of nitrogens with zero attached hydrogens (tertiary/aromatic N) is 1. The van der Waals surface area contributed by atoms with Crippen LogP contribution in [0.5, 0.6) is 0 Å². The molecule has 1 aliphatic rings. The third kappa shape index (κ3) is 2.56. The highest BCUT2D eigenvalue weighted by Crippen LogP contribution is 2.35. The second-order valence-electron chi connectivity index (χ2n) is 6.59. The largest absolute Gasteiger partial charge is 0.357 e. The number of aromatic nitrogens is 1. The summed E-state index contributed by atoms with van der Waals surface area (Å²) in [4.78, 5) is 6.04. The molecule has 0 saturated heterocycles. The Labute approximate surface area is 137 Å². The average Bonchev–Trinajstić information content (AvgIpc) is 2.93. The first kappa shape index (κ1) is 14.5. The molecule has 1 aliphatic heterocycles. The van der Waals surface area contributed by atoms with Crippen LogP contribution in [0.4, 0.5) is 0 Å². The topological polar surface area (TPSA) is 45.0 Å². The number of aromatic amines is 1. The molecule has 0 spiro atoms. The summed E-state index contributed by atoms with van der Waals surface area (Å²) in [5.74, 6) is 0. The first-order chi connectivity index (χ1) is 11.2. The quantitative estimate of drug-likeness (QED) is 0.780. The van der Waals surface area contributed by atoms with E-state index >= 15 is 0 Å². The van der Waals surface area contributed by atoms with Crippen LogP contribution in [0.25, 0.3) is 10.9 Å². The van der Waals surface area contributed by atoms with Crippen molar-refractivity contribution in [3.05, 3.63) is 71.4 Å². The molecule has 0 unspecified atom stereocenters. The molecule has 4 rings (SSSR count). The van der Waals surface area contributed by atoms with Crippen LogP contribution in [0.1, 0.15) is 22.9 Å². The lowest BCUT2D eigenvalue weighted by Crippen LogP contribution is -2.44. The third-order valence-electron chi connectivity index (χ3n) is 5.05. The number of rotatable bonds is 3. The van der Waals surface area contributed by atoms with Crippen molar-refractivity contribution < 1.29 is 0 Å². The monoisotopic (exact) mass is 305 g/mol. The third-order valence-corrected chi connectivity index (χ3v) is 5.05. The lowest BCUT2D eigenvalue weighted by Gasteiger charge is -2.36. The van der Waals surface area contributed by atoms with Crippen LogP contribution >= 0.6 is 0 Å². The van der Waals surface area contributed by atoms with E-state index < -0.39 is 0 Å². The fraction of sp³-hybridized carbons (Fsp3) is 0.300. The van der Waals surface area contributed by atoms with Crippen LogP contribution in [0, 0.1) is 0 Å². The highest BCUT2D eigenvalue weighted by molar-refractivity contribution is 5.85. The average molecular weight is 305 g/mol. The summed E-state index contributed by atoms with van der Waals surface area (Å²) < 4.78 is 0. The Hall–Kier alpha value is -2.10. The minimum atomic E-state index is 0.0783. The van der Waals surface area contributed by atoms with Gasteiger partial charge >= 0.3 is 0 Å². The van der Waals surface area contributed by atoms with Crippen LogP contribution in [-0.2, 0) is 12.8 Å². The molecule has 0 amide bonds. The molecule has 0 saturated carbocycles. The van der Waals surface area contributed by atoms with Crippen molar-refractivity contribution in [1.82, 2.24) is 9.88 Å². The summed E-state index contributed by atoms with van der Waals surface area (Å²) in [6, 6.07) is 19.5. The molecule has 23 heavy (non-hydrogen) atoms. The van der Waals surface area contributed by atoms with Crippen molar-refractivity contribution in [3.63, 3.8) is 0 Å². The van der Waals surface area contributed by atoms with Crippen LogP contribution in [0.2, 0.25) is 0 Å². The summed E-state index contributed by atoms with van der Waals surface area (Å²) in [5, 5.41) is 1.35. The van der Waals surface area contributed by atoms with E-state index in [1.807, 2.05) is 0 Å². The maximum atomic E-state index is 6.65. The Morgan fingerprint density at radius 2 is 1.87 bits per heavy atom. The van der Waals surface area contributed by atoms with E-state index in [0.29, 0.717) is 0 Å². The molecular formula is C20H23N3. The lowest BCUT2D eigenvalue weighted by molar-refractivity contribution is 0.195. The summed E-state index contributed by atoms with van der Waals surface area (Å²) in [5.41, 5.74) is 11.9. The molecule has 3 N–H and O–H groups in total. The molecule has 2 heterocycles. The normalized spacial score (nSPS) is 19.7. The van der Waals surface area contributed by atoms with Gasteiger partial charge in [0.1, 0.15) is 0 Å². The van der Waals surface area contributed by atoms with Crippen molar-refractivity contribution >= 4 is 10.9 Å². The van der Waals surface area contributed by atoms with Gasteiger partial charge in [0.2, 0.25) is 0 Å². The van der Waals surface area contributed by atoms with E-state index in [1.54, 1.807) is 0 Å². The number of H-pyrrole nitrogens is 1. The van der Waals surface area contributed by atoms with E-state index in [1.165, 1.54) is 27.7 Å². The number of nitrogens with two attached hydrogens (primary N) is 1. The Morgan fingerprint density at radius 3 is 2.70 bits per heavy atom. The summed E-state index contributed by atoms with van der Waals surface area (Å²) >= 11 is 0. The highest BCUT2D eigenvalue weighted by atomic mass is 15.2. The highest BCUT2D eigenvalue weighted by Gasteiger charge is 2.32. The fourth-order valence-electron chi connectivity index (χ4n) is 3.93. The number of nitrogens with one attached hydrogen (secondary N) is 1. The van der Waals surface area contributed by atoms with E-state index in [2.05, 4.69) is 71.5 Å². The Balaban J connectivity index is 1.71. The first-order valence-corrected chi connectivity index (χ1v) is 8.33. The summed E-state index contributed by atoms with van der Waals surface area (Å²) in [6.45, 7) is 1.06. The molecular weight excluding hydrogens is 282 g/mol. The van der Waals surface area contributed by atoms with Crippen LogP contribution < -0.4 is 5.73 Å². The van der Waals surface area contributed by atoms with Gasteiger partial charge in [-0.15, -0.1) is 0 Å². The number of hydrogen-bond acceptors (Lipinski definition) is 2. The van der Waals surface area contributed by atoms with Gasteiger partial charge in [-0.1, -0.05) is 48.5 Å². The smallest absolute Gasteiger partial charge is 0.0655 e. The van der Waals surface area contributed by atoms with Gasteiger partial charge in [-0.05, 0) is 37.1 Å². The van der Waals surface area contributed by atoms with Crippen molar-refractivity contribution in [3.8, 4) is 0 Å². The maximum Gasteiger partial charge on any atom is 0.0655 e. The molecule has 0 aliphatic carbocycles. The second-order valence-corrected chi connectivity index (χ2v) is 6.59. The minimum absolute atomic E-state index is 0.0783. The molecule has 0 radical (unpaired) electrons. The van der Waals surface area contributed by atoms with E-state index in [0.717, 1.165) is 19.4 Å². The lowest BCUT2D eigenvalue weighted by atomic mass is 9.90. The predicted octanol–water partition coefficient (Wildman–Crippen LogP) is 3.27. The van der Waals surface area contributed by atoms with E-state index in [9.17, 15) is 0 Å². The number of fused-ring (bicyclic) bond motifs is 3. The zero-order valence-electron chi connectivity index (χ0n) is 13.5. The molecule has 118 valence electrons. The zero-order valence-corrected chi connectivity index (χ0v) is 13.5. The van der Waals surface area contributed by atoms with Gasteiger partial charge in [0.05, 0.1) is 6.04 Å². The fourth-order valence-corrected chi connectivity index (χ4v) is 3.93. The molecule has 0 bridgehead atoms. The van der Waals surface area contributed by atoms with Crippen LogP contribution in [-0.4, -0.2) is 29.5 Å². The second kappa shape index (κ2) is 5.84. The first-order valence-electron chi connectivity index (χ1n) is 8.33. The van der Waals surface area contributed by atoms with Gasteiger partial charge < -0.3 is 10.7 Å². The molecule has 2 aromatic carbocycles. The molecule has 0 fully saturated rings. The van der Waals surface area contributed by atoms with Crippen molar-refractivity contribution in [2.45, 2.75) is 24.9 Å². The Morgan fingerprint density at radius 1 is 1.13 bits per heavy atom. The molecule has 2 atom stereocenters. The predicted molar refractivity (Wildman–Crippen MR) is 95.5 cm³/mol. The van der Waals surface area contributed by atoms with Crippen molar-refractivity contribution in [1.29, 1.82) is 0 Å². The van der Waals surface area contributed by atoms with Crippen LogP contribution in [0.3, 0.4) is 0 Å². The van der Waals surface area contributed by atoms with Gasteiger partial charge in [-0.3, -0.25) is 4.90 Å². The summed E-state index contributed by atoms with van der Waals surface area (Å²) in [7, 11) is 2.18. The van der Waals surface area contributed by atoms with E-state index in [4.69, 9.17) is 5.73 Å². The molecule has 3 aromatic rings. The van der Waals surface area contributed by atoms with Crippen molar-refractivity contribution in [2.24, 2.45) is 5.73 Å².